The minimum atomic E-state index is -2.74. The Morgan fingerprint density at radius 1 is 0.408 bits per heavy atom. The van der Waals surface area contributed by atoms with Crippen molar-refractivity contribution in [2.45, 2.75) is 110 Å². The van der Waals surface area contributed by atoms with Gasteiger partial charge in [-0.15, -0.1) is 0 Å². The topological polar surface area (TPSA) is 656 Å². The van der Waals surface area contributed by atoms with Gasteiger partial charge in [-0.2, -0.15) is 0 Å². The van der Waals surface area contributed by atoms with Gasteiger partial charge in [0, 0.05) is 21.1 Å². The highest BCUT2D eigenvalue weighted by Crippen LogP contribution is 2.27. The highest BCUT2D eigenvalue weighted by atomic mass is 16.4. The molecule has 3 rings (SSSR count). The SMILES string of the molecule is CN(CC(=O)N1[C@H](CO)[C@@H](O)C(O)[C@H](O)[C@H]1CO)C(=N)N.CN(CC(=O)N1[C@H](CO)[C@@H](O)C(O)[C@H](O)[C@H]1CO)C(=N)N.CN(CC(=O)N1[C@H](CO)[C@@H](O)C(O)[C@H](O)[C@H]1CO)C(=N)N.O=C(O)CC(O)(CC(=O)O)C(=O)O. The highest BCUT2D eigenvalue weighted by Gasteiger charge is 2.52. The molecule has 28 N–H and O–H groups in total. The summed E-state index contributed by atoms with van der Waals surface area (Å²) in [6, 6.07) is -7.04. The maximum Gasteiger partial charge on any atom is 0.336 e. The number of aliphatic hydroxyl groups excluding tert-OH is 15. The van der Waals surface area contributed by atoms with Gasteiger partial charge in [0.15, 0.2) is 23.5 Å². The number of nitrogens with two attached hydrogens (primary N) is 3. The van der Waals surface area contributed by atoms with E-state index in [0.717, 1.165) is 29.4 Å². The van der Waals surface area contributed by atoms with Crippen LogP contribution in [0.15, 0.2) is 0 Å². The van der Waals surface area contributed by atoms with Crippen LogP contribution in [-0.4, -0.2) is 357 Å². The number of guanidine groups is 3. The molecule has 37 heteroatoms. The molecule has 0 unspecified atom stereocenters. The first-order valence-corrected chi connectivity index (χ1v) is 22.3. The number of likely N-dealkylation sites (N-methyl/N-ethyl adjacent to an activating group) is 3. The van der Waals surface area contributed by atoms with Gasteiger partial charge in [-0.05, 0) is 0 Å². The number of aliphatic hydroxyl groups is 16. The lowest BCUT2D eigenvalue weighted by Gasteiger charge is -2.48. The summed E-state index contributed by atoms with van der Waals surface area (Å²) in [5.41, 5.74) is 12.9. The van der Waals surface area contributed by atoms with Crippen molar-refractivity contribution in [1.29, 1.82) is 16.2 Å². The molecular formula is C39H74N12O25. The molecule has 0 aromatic carbocycles. The van der Waals surface area contributed by atoms with Gasteiger partial charge in [0.05, 0.1) is 108 Å². The third kappa shape index (κ3) is 18.1. The Morgan fingerprint density at radius 2 is 0.579 bits per heavy atom. The number of amides is 3. The molecule has 0 radical (unpaired) electrons. The first-order chi connectivity index (χ1) is 35.0. The fraction of sp³-hybridized carbons (Fsp3) is 0.769. The summed E-state index contributed by atoms with van der Waals surface area (Å²) in [5.74, 6) is -8.07. The van der Waals surface area contributed by atoms with E-state index < -0.39 is 185 Å². The van der Waals surface area contributed by atoms with Crippen molar-refractivity contribution in [3.05, 3.63) is 0 Å². The summed E-state index contributed by atoms with van der Waals surface area (Å²) in [6.45, 7) is -4.94. The highest BCUT2D eigenvalue weighted by molar-refractivity contribution is 5.88. The second-order valence-corrected chi connectivity index (χ2v) is 17.5. The molecule has 0 bridgehead atoms. The largest absolute Gasteiger partial charge is 0.481 e. The first-order valence-electron chi connectivity index (χ1n) is 22.3. The molecule has 3 fully saturated rings. The minimum absolute atomic E-state index is 0.335. The lowest BCUT2D eigenvalue weighted by molar-refractivity contribution is -0.188. The number of nitrogens with zero attached hydrogens (tertiary/aromatic N) is 6. The summed E-state index contributed by atoms with van der Waals surface area (Å²) in [5, 5.41) is 200. The Morgan fingerprint density at radius 3 is 0.697 bits per heavy atom. The van der Waals surface area contributed by atoms with E-state index in [1.165, 1.54) is 21.1 Å². The van der Waals surface area contributed by atoms with E-state index in [0.29, 0.717) is 0 Å². The van der Waals surface area contributed by atoms with Crippen LogP contribution in [0.3, 0.4) is 0 Å². The number of rotatable bonds is 17. The van der Waals surface area contributed by atoms with E-state index in [4.69, 9.17) is 53.9 Å². The van der Waals surface area contributed by atoms with Crippen LogP contribution in [0, 0.1) is 16.2 Å². The molecule has 3 heterocycles. The van der Waals surface area contributed by atoms with Crippen molar-refractivity contribution < 1.29 is 126 Å². The maximum atomic E-state index is 12.3. The second-order valence-electron chi connectivity index (χ2n) is 17.5. The Balaban J connectivity index is 0.00000100. The Labute approximate surface area is 431 Å². The molecule has 3 saturated heterocycles. The van der Waals surface area contributed by atoms with Crippen LogP contribution >= 0.6 is 0 Å². The zero-order valence-electron chi connectivity index (χ0n) is 41.3. The number of carbonyl (C=O) groups excluding carboxylic acids is 3. The van der Waals surface area contributed by atoms with Crippen molar-refractivity contribution >= 4 is 53.5 Å². The monoisotopic (exact) mass is 1110 g/mol. The molecule has 0 aromatic heterocycles. The average molecular weight is 1110 g/mol. The second kappa shape index (κ2) is 31.3. The number of carboxylic acids is 3. The average Bonchev–Trinajstić information content (AvgIpc) is 3.33. The van der Waals surface area contributed by atoms with Gasteiger partial charge >= 0.3 is 17.9 Å². The van der Waals surface area contributed by atoms with Crippen molar-refractivity contribution in [3.8, 4) is 0 Å². The third-order valence-electron chi connectivity index (χ3n) is 12.2. The smallest absolute Gasteiger partial charge is 0.336 e. The summed E-state index contributed by atoms with van der Waals surface area (Å²) in [7, 11) is 4.19. The Kier molecular flexibility index (Phi) is 28.8. The molecule has 440 valence electrons. The molecule has 0 aromatic rings. The fourth-order valence-electron chi connectivity index (χ4n) is 7.81. The number of carboxylic acid groups (broad SMARTS) is 3. The summed E-state index contributed by atoms with van der Waals surface area (Å²) in [4.78, 5) is 73.4. The number of aliphatic carboxylic acids is 3. The first kappa shape index (κ1) is 70.0. The van der Waals surface area contributed by atoms with Crippen LogP contribution in [0.1, 0.15) is 12.8 Å². The number of carbonyl (C=O) groups is 6. The zero-order valence-corrected chi connectivity index (χ0v) is 41.3. The van der Waals surface area contributed by atoms with Crippen molar-refractivity contribution in [3.63, 3.8) is 0 Å². The molecule has 3 aliphatic rings. The van der Waals surface area contributed by atoms with E-state index in [1.54, 1.807) is 0 Å². The van der Waals surface area contributed by atoms with Gasteiger partial charge in [0.2, 0.25) is 17.7 Å². The molecule has 3 aliphatic heterocycles. The summed E-state index contributed by atoms with van der Waals surface area (Å²) >= 11 is 0. The number of likely N-dealkylation sites (tertiary alicyclic amines) is 3. The van der Waals surface area contributed by atoms with Crippen LogP contribution < -0.4 is 17.2 Å². The van der Waals surface area contributed by atoms with Gasteiger partial charge in [0.1, 0.15) is 54.9 Å². The normalized spacial score (nSPS) is 29.1. The predicted molar refractivity (Wildman–Crippen MR) is 251 cm³/mol. The van der Waals surface area contributed by atoms with Gasteiger partial charge in [0.25, 0.3) is 0 Å². The van der Waals surface area contributed by atoms with E-state index in [1.807, 2.05) is 0 Å². The minimum Gasteiger partial charge on any atom is -0.481 e. The molecule has 0 spiro atoms. The summed E-state index contributed by atoms with van der Waals surface area (Å²) in [6.07, 6.45) is -16.4. The Hall–Kier alpha value is -6.01. The predicted octanol–water partition coefficient (Wildman–Crippen LogP) is -14.9. The van der Waals surface area contributed by atoms with Crippen molar-refractivity contribution in [2.75, 3.05) is 80.4 Å². The van der Waals surface area contributed by atoms with Gasteiger partial charge < -0.3 is 144 Å². The molecule has 37 nitrogen and oxygen atoms in total. The van der Waals surface area contributed by atoms with Gasteiger partial charge in [-0.3, -0.25) is 40.2 Å². The van der Waals surface area contributed by atoms with E-state index in [2.05, 4.69) is 0 Å². The lowest BCUT2D eigenvalue weighted by Crippen LogP contribution is -2.70. The van der Waals surface area contributed by atoms with Crippen LogP contribution in [0.5, 0.6) is 0 Å². The zero-order chi connectivity index (χ0) is 59.6. The van der Waals surface area contributed by atoms with Crippen LogP contribution in [0.4, 0.5) is 0 Å². The van der Waals surface area contributed by atoms with Crippen LogP contribution in [0.2, 0.25) is 0 Å². The van der Waals surface area contributed by atoms with Gasteiger partial charge in [-0.25, -0.2) is 4.79 Å². The van der Waals surface area contributed by atoms with Crippen molar-refractivity contribution in [1.82, 2.24) is 29.4 Å². The van der Waals surface area contributed by atoms with E-state index in [9.17, 15) is 105 Å². The number of piperidine rings is 3. The molecule has 76 heavy (non-hydrogen) atoms. The number of nitrogens with one attached hydrogen (secondary N) is 3. The van der Waals surface area contributed by atoms with E-state index in [-0.39, 0.29) is 37.5 Å². The van der Waals surface area contributed by atoms with Crippen LogP contribution in [-0.2, 0) is 28.8 Å². The molecule has 12 atom stereocenters. The number of hydrogen-bond acceptors (Lipinski definition) is 25. The fourth-order valence-corrected chi connectivity index (χ4v) is 7.81. The van der Waals surface area contributed by atoms with Crippen LogP contribution in [0.25, 0.3) is 0 Å². The van der Waals surface area contributed by atoms with Gasteiger partial charge in [-0.1, -0.05) is 0 Å². The summed E-state index contributed by atoms with van der Waals surface area (Å²) < 4.78 is 0. The van der Waals surface area contributed by atoms with Crippen molar-refractivity contribution in [2.24, 2.45) is 17.2 Å². The van der Waals surface area contributed by atoms with E-state index >= 15 is 0 Å². The molecule has 3 amide bonds. The molecular weight excluding hydrogens is 1040 g/mol. The maximum absolute atomic E-state index is 12.3. The molecule has 0 aliphatic carbocycles. The number of hydrogen-bond donors (Lipinski definition) is 25. The Bertz CT molecular complexity index is 1720. The quantitative estimate of drug-likeness (QED) is 0.0475. The third-order valence-corrected chi connectivity index (χ3v) is 12.2. The molecule has 0 saturated carbocycles. The lowest BCUT2D eigenvalue weighted by atomic mass is 9.88. The standard InChI is InChI=1S/3C11H22N4O6.C6H8O7/c3*1-14(11(12)13)2-7(18)15-5(3-16)8(19)10(21)9(20)6(15)4-17;7-3(8)1-6(13,5(11)12)2-4(9)10/h3*5-6,8-10,16-17,19-21H,2-4H2,1H3,(H3,12,13);13H,1-2H2,(H,7,8)(H,9,10)(H,11,12)/t3*5-,6-,8-,9-;/m111./s1.